The monoisotopic (exact) mass is 263 g/mol. The first-order valence-corrected chi connectivity index (χ1v) is 5.15. The summed E-state index contributed by atoms with van der Waals surface area (Å²) < 4.78 is 36.8. The van der Waals surface area contributed by atoms with Crippen molar-refractivity contribution in [3.63, 3.8) is 0 Å². The lowest BCUT2D eigenvalue weighted by Gasteiger charge is -2.30. The van der Waals surface area contributed by atoms with Crippen molar-refractivity contribution in [2.75, 3.05) is 7.05 Å². The second kappa shape index (κ2) is 5.24. The van der Waals surface area contributed by atoms with E-state index in [-0.39, 0.29) is 11.3 Å². The summed E-state index contributed by atoms with van der Waals surface area (Å²) in [5.74, 6) is -4.28. The quantitative estimate of drug-likeness (QED) is 0.841. The molecule has 7 heteroatoms. The van der Waals surface area contributed by atoms with Gasteiger partial charge in [-0.15, -0.1) is 0 Å². The topological polar surface area (TPSA) is 57.6 Å². The highest BCUT2D eigenvalue weighted by atomic mass is 19.4. The molecular weight excluding hydrogens is 251 g/mol. The van der Waals surface area contributed by atoms with E-state index in [0.717, 1.165) is 7.05 Å². The summed E-state index contributed by atoms with van der Waals surface area (Å²) in [4.78, 5) is 22.3. The standard InChI is InChI=1S/C11H12F3NO3/c1-15(10(18)11(12,13)14)8(9(16)17)7-5-3-2-4-6-7/h2-5,7-8H,6H2,1H3,(H,16,17). The summed E-state index contributed by atoms with van der Waals surface area (Å²) in [6.45, 7) is 0. The number of carbonyl (C=O) groups excluding carboxylic acids is 1. The van der Waals surface area contributed by atoms with Crippen LogP contribution in [0.4, 0.5) is 13.2 Å². The molecule has 0 aliphatic heterocycles. The number of amides is 1. The van der Waals surface area contributed by atoms with E-state index in [4.69, 9.17) is 5.11 Å². The van der Waals surface area contributed by atoms with Gasteiger partial charge in [0.05, 0.1) is 0 Å². The molecule has 18 heavy (non-hydrogen) atoms. The average molecular weight is 263 g/mol. The Morgan fingerprint density at radius 1 is 1.39 bits per heavy atom. The highest BCUT2D eigenvalue weighted by Gasteiger charge is 2.46. The van der Waals surface area contributed by atoms with Crippen LogP contribution in [0, 0.1) is 5.92 Å². The van der Waals surface area contributed by atoms with E-state index in [1.165, 1.54) is 6.08 Å². The van der Waals surface area contributed by atoms with Crippen LogP contribution in [0.15, 0.2) is 24.3 Å². The van der Waals surface area contributed by atoms with E-state index in [9.17, 15) is 22.8 Å². The first-order chi connectivity index (χ1) is 8.25. The van der Waals surface area contributed by atoms with Gasteiger partial charge in [0.15, 0.2) is 0 Å². The van der Waals surface area contributed by atoms with E-state index < -0.39 is 30.0 Å². The van der Waals surface area contributed by atoms with E-state index in [1.807, 2.05) is 0 Å². The highest BCUT2D eigenvalue weighted by Crippen LogP contribution is 2.25. The van der Waals surface area contributed by atoms with Gasteiger partial charge in [-0.2, -0.15) is 13.2 Å². The van der Waals surface area contributed by atoms with Crippen LogP contribution in [0.5, 0.6) is 0 Å². The van der Waals surface area contributed by atoms with Crippen molar-refractivity contribution in [2.24, 2.45) is 5.92 Å². The first kappa shape index (κ1) is 14.3. The minimum atomic E-state index is -5.07. The van der Waals surface area contributed by atoms with Crippen LogP contribution in [0.1, 0.15) is 6.42 Å². The minimum absolute atomic E-state index is 0.233. The maximum Gasteiger partial charge on any atom is 0.471 e. The van der Waals surface area contributed by atoms with Gasteiger partial charge in [-0.25, -0.2) is 4.79 Å². The summed E-state index contributed by atoms with van der Waals surface area (Å²) in [5, 5.41) is 8.99. The van der Waals surface area contributed by atoms with E-state index >= 15 is 0 Å². The summed E-state index contributed by atoms with van der Waals surface area (Å²) in [5.41, 5.74) is 0. The molecule has 0 radical (unpaired) electrons. The number of allylic oxidation sites excluding steroid dienone is 3. The van der Waals surface area contributed by atoms with Gasteiger partial charge in [0.1, 0.15) is 6.04 Å². The largest absolute Gasteiger partial charge is 0.480 e. The number of halogens is 3. The second-order valence-corrected chi connectivity index (χ2v) is 3.91. The van der Waals surface area contributed by atoms with Crippen LogP contribution < -0.4 is 0 Å². The van der Waals surface area contributed by atoms with Crippen molar-refractivity contribution in [3.8, 4) is 0 Å². The maximum absolute atomic E-state index is 12.3. The van der Waals surface area contributed by atoms with Crippen molar-refractivity contribution >= 4 is 11.9 Å². The maximum atomic E-state index is 12.3. The molecule has 0 heterocycles. The predicted octanol–water partition coefficient (Wildman–Crippen LogP) is 1.59. The molecule has 100 valence electrons. The Morgan fingerprint density at radius 3 is 2.39 bits per heavy atom. The van der Waals surface area contributed by atoms with Gasteiger partial charge in [0.25, 0.3) is 0 Å². The predicted molar refractivity (Wildman–Crippen MR) is 56.6 cm³/mol. The molecule has 0 aromatic heterocycles. The van der Waals surface area contributed by atoms with Gasteiger partial charge in [-0.05, 0) is 6.42 Å². The number of nitrogens with zero attached hydrogens (tertiary/aromatic N) is 1. The Bertz CT molecular complexity index is 401. The van der Waals surface area contributed by atoms with Crippen molar-refractivity contribution in [3.05, 3.63) is 24.3 Å². The molecule has 1 N–H and O–H groups in total. The van der Waals surface area contributed by atoms with Gasteiger partial charge in [-0.3, -0.25) is 4.79 Å². The molecule has 0 fully saturated rings. The zero-order chi connectivity index (χ0) is 13.9. The third-order valence-electron chi connectivity index (χ3n) is 2.65. The Morgan fingerprint density at radius 2 is 2.00 bits per heavy atom. The number of rotatable bonds is 3. The molecule has 4 nitrogen and oxygen atoms in total. The van der Waals surface area contributed by atoms with Crippen molar-refractivity contribution < 1.29 is 27.9 Å². The normalized spacial score (nSPS) is 20.6. The third kappa shape index (κ3) is 3.12. The fourth-order valence-electron chi connectivity index (χ4n) is 1.80. The van der Waals surface area contributed by atoms with Gasteiger partial charge < -0.3 is 10.0 Å². The van der Waals surface area contributed by atoms with Crippen molar-refractivity contribution in [1.82, 2.24) is 4.90 Å². The fourth-order valence-corrected chi connectivity index (χ4v) is 1.80. The molecule has 0 aromatic carbocycles. The number of hydrogen-bond donors (Lipinski definition) is 1. The fraction of sp³-hybridized carbons (Fsp3) is 0.455. The highest BCUT2D eigenvalue weighted by molar-refractivity contribution is 5.87. The first-order valence-electron chi connectivity index (χ1n) is 5.15. The van der Waals surface area contributed by atoms with Crippen LogP contribution in [0.25, 0.3) is 0 Å². The SMILES string of the molecule is CN(C(=O)C(F)(F)F)C(C(=O)O)C1C=CC=CC1. The number of alkyl halides is 3. The summed E-state index contributed by atoms with van der Waals surface area (Å²) >= 11 is 0. The molecule has 0 spiro atoms. The molecule has 0 saturated heterocycles. The zero-order valence-corrected chi connectivity index (χ0v) is 9.52. The van der Waals surface area contributed by atoms with Gasteiger partial charge in [-0.1, -0.05) is 24.3 Å². The van der Waals surface area contributed by atoms with Crippen LogP contribution in [0.3, 0.4) is 0 Å². The van der Waals surface area contributed by atoms with E-state index in [1.54, 1.807) is 18.2 Å². The molecule has 0 bridgehead atoms. The van der Waals surface area contributed by atoms with Crippen LogP contribution >= 0.6 is 0 Å². The number of likely N-dealkylation sites (N-methyl/N-ethyl adjacent to an activating group) is 1. The van der Waals surface area contributed by atoms with Crippen molar-refractivity contribution in [2.45, 2.75) is 18.6 Å². The summed E-state index contributed by atoms with van der Waals surface area (Å²) in [6, 6.07) is -1.53. The van der Waals surface area contributed by atoms with Crippen LogP contribution in [-0.2, 0) is 9.59 Å². The van der Waals surface area contributed by atoms with Gasteiger partial charge in [0, 0.05) is 13.0 Å². The molecular formula is C11H12F3NO3. The molecule has 1 aliphatic carbocycles. The number of carboxylic acids is 1. The smallest absolute Gasteiger partial charge is 0.471 e. The number of aliphatic carboxylic acids is 1. The van der Waals surface area contributed by atoms with Crippen LogP contribution in [0.2, 0.25) is 0 Å². The molecule has 0 aromatic rings. The molecule has 1 aliphatic rings. The number of hydrogen-bond acceptors (Lipinski definition) is 2. The van der Waals surface area contributed by atoms with E-state index in [0.29, 0.717) is 0 Å². The van der Waals surface area contributed by atoms with E-state index in [2.05, 4.69) is 0 Å². The molecule has 0 saturated carbocycles. The third-order valence-corrected chi connectivity index (χ3v) is 2.65. The molecule has 2 unspecified atom stereocenters. The summed E-state index contributed by atoms with van der Waals surface area (Å²) in [6.07, 6.45) is 1.56. The lowest BCUT2D eigenvalue weighted by atomic mass is 9.91. The zero-order valence-electron chi connectivity index (χ0n) is 9.52. The number of carbonyl (C=O) groups is 2. The molecule has 2 atom stereocenters. The average Bonchev–Trinajstić information content (AvgIpc) is 2.27. The Kier molecular flexibility index (Phi) is 4.15. The Hall–Kier alpha value is -1.79. The Labute approximate surface area is 101 Å². The Balaban J connectivity index is 2.92. The van der Waals surface area contributed by atoms with Gasteiger partial charge >= 0.3 is 18.1 Å². The van der Waals surface area contributed by atoms with Gasteiger partial charge in [0.2, 0.25) is 0 Å². The van der Waals surface area contributed by atoms with Crippen LogP contribution in [-0.4, -0.2) is 41.1 Å². The number of carboxylic acid groups (broad SMARTS) is 1. The lowest BCUT2D eigenvalue weighted by molar-refractivity contribution is -0.188. The molecule has 1 rings (SSSR count). The molecule has 1 amide bonds. The van der Waals surface area contributed by atoms with Crippen molar-refractivity contribution in [1.29, 1.82) is 0 Å². The minimum Gasteiger partial charge on any atom is -0.480 e. The summed E-state index contributed by atoms with van der Waals surface area (Å²) in [7, 11) is 0.848. The lowest BCUT2D eigenvalue weighted by Crippen LogP contribution is -2.51. The second-order valence-electron chi connectivity index (χ2n) is 3.91.